The summed E-state index contributed by atoms with van der Waals surface area (Å²) < 4.78 is 32.1. The Kier molecular flexibility index (Phi) is 6.77. The first-order chi connectivity index (χ1) is 13.3. The third-order valence-corrected chi connectivity index (χ3v) is 8.97. The van der Waals surface area contributed by atoms with Crippen LogP contribution in [0.3, 0.4) is 0 Å². The highest BCUT2D eigenvalue weighted by Gasteiger charge is 2.34. The fraction of sp³-hybridized carbons (Fsp3) is 0.684. The second-order valence-corrected chi connectivity index (χ2v) is 10.8. The molecule has 0 bridgehead atoms. The highest BCUT2D eigenvalue weighted by molar-refractivity contribution is 7.91. The van der Waals surface area contributed by atoms with Gasteiger partial charge in [-0.05, 0) is 57.4 Å². The van der Waals surface area contributed by atoms with E-state index in [4.69, 9.17) is 4.74 Å². The molecule has 7 nitrogen and oxygen atoms in total. The summed E-state index contributed by atoms with van der Waals surface area (Å²) in [5, 5.41) is 1.73. The van der Waals surface area contributed by atoms with Crippen LogP contribution >= 0.6 is 11.3 Å². The van der Waals surface area contributed by atoms with Gasteiger partial charge in [-0.2, -0.15) is 4.31 Å². The zero-order valence-electron chi connectivity index (χ0n) is 16.4. The number of carbonyl (C=O) groups is 2. The smallest absolute Gasteiger partial charge is 0.309 e. The molecule has 2 fully saturated rings. The zero-order valence-corrected chi connectivity index (χ0v) is 18.0. The molecule has 2 saturated heterocycles. The fourth-order valence-electron chi connectivity index (χ4n) is 4.11. The number of ether oxygens (including phenoxy) is 1. The Morgan fingerprint density at radius 3 is 2.36 bits per heavy atom. The van der Waals surface area contributed by atoms with Crippen molar-refractivity contribution < 1.29 is 22.7 Å². The minimum atomic E-state index is -3.48. The Morgan fingerprint density at radius 1 is 1.14 bits per heavy atom. The molecule has 3 heterocycles. The molecule has 0 N–H and O–H groups in total. The number of likely N-dealkylation sites (tertiary alicyclic amines) is 1. The van der Waals surface area contributed by atoms with Crippen LogP contribution in [-0.4, -0.2) is 61.3 Å². The summed E-state index contributed by atoms with van der Waals surface area (Å²) in [4.78, 5) is 26.7. The predicted molar refractivity (Wildman–Crippen MR) is 106 cm³/mol. The molecule has 2 atom stereocenters. The minimum Gasteiger partial charge on any atom is -0.455 e. The second-order valence-electron chi connectivity index (χ2n) is 7.65. The lowest BCUT2D eigenvalue weighted by Gasteiger charge is -2.39. The maximum Gasteiger partial charge on any atom is 0.309 e. The van der Waals surface area contributed by atoms with E-state index in [1.54, 1.807) is 17.5 Å². The minimum absolute atomic E-state index is 0.147. The van der Waals surface area contributed by atoms with Gasteiger partial charge in [0, 0.05) is 25.2 Å². The van der Waals surface area contributed by atoms with Crippen molar-refractivity contribution in [1.29, 1.82) is 0 Å². The van der Waals surface area contributed by atoms with Gasteiger partial charge in [0.15, 0.2) is 6.61 Å². The summed E-state index contributed by atoms with van der Waals surface area (Å²) in [6.07, 6.45) is 3.88. The Balaban J connectivity index is 1.48. The lowest BCUT2D eigenvalue weighted by atomic mass is 9.97. The van der Waals surface area contributed by atoms with E-state index >= 15 is 0 Å². The summed E-state index contributed by atoms with van der Waals surface area (Å²) in [5.74, 6) is -0.914. The number of nitrogens with zero attached hydrogens (tertiary/aromatic N) is 2. The molecule has 0 unspecified atom stereocenters. The van der Waals surface area contributed by atoms with Crippen molar-refractivity contribution in [3.05, 3.63) is 17.5 Å². The van der Waals surface area contributed by atoms with E-state index in [0.717, 1.165) is 19.3 Å². The highest BCUT2D eigenvalue weighted by Crippen LogP contribution is 2.27. The van der Waals surface area contributed by atoms with Crippen molar-refractivity contribution in [2.45, 2.75) is 62.2 Å². The monoisotopic (exact) mass is 428 g/mol. The van der Waals surface area contributed by atoms with Gasteiger partial charge in [0.1, 0.15) is 4.21 Å². The highest BCUT2D eigenvalue weighted by atomic mass is 32.2. The molecule has 0 radical (unpaired) electrons. The SMILES string of the molecule is C[C@@H]1CCC[C@H](C)N1C(=O)COC(=O)C1CCN(S(=O)(=O)c2cccs2)CC1. The third-order valence-electron chi connectivity index (χ3n) is 5.70. The fourth-order valence-corrected chi connectivity index (χ4v) is 6.72. The summed E-state index contributed by atoms with van der Waals surface area (Å²) >= 11 is 1.19. The molecular formula is C19H28N2O5S2. The molecule has 156 valence electrons. The Labute approximate surface area is 170 Å². The first-order valence-corrected chi connectivity index (χ1v) is 12.1. The Bertz CT molecular complexity index is 775. The van der Waals surface area contributed by atoms with Gasteiger partial charge < -0.3 is 9.64 Å². The summed E-state index contributed by atoms with van der Waals surface area (Å²) in [6, 6.07) is 3.64. The molecule has 1 aromatic heterocycles. The van der Waals surface area contributed by atoms with Crippen LogP contribution in [0.25, 0.3) is 0 Å². The molecule has 2 aliphatic heterocycles. The van der Waals surface area contributed by atoms with Crippen molar-refractivity contribution in [3.8, 4) is 0 Å². The van der Waals surface area contributed by atoms with Crippen molar-refractivity contribution in [3.63, 3.8) is 0 Å². The molecule has 1 amide bonds. The number of piperidine rings is 2. The van der Waals surface area contributed by atoms with Crippen LogP contribution in [-0.2, 0) is 24.3 Å². The molecule has 0 aromatic carbocycles. The van der Waals surface area contributed by atoms with Crippen molar-refractivity contribution in [2.24, 2.45) is 5.92 Å². The van der Waals surface area contributed by atoms with Gasteiger partial charge in [-0.1, -0.05) is 6.07 Å². The van der Waals surface area contributed by atoms with Crippen LogP contribution < -0.4 is 0 Å². The number of rotatable bonds is 5. The molecular weight excluding hydrogens is 400 g/mol. The average molecular weight is 429 g/mol. The third kappa shape index (κ3) is 4.58. The number of esters is 1. The molecule has 1 aromatic rings. The number of sulfonamides is 1. The van der Waals surface area contributed by atoms with Crippen molar-refractivity contribution >= 4 is 33.2 Å². The van der Waals surface area contributed by atoms with Crippen molar-refractivity contribution in [2.75, 3.05) is 19.7 Å². The quantitative estimate of drug-likeness (QED) is 0.673. The summed E-state index contributed by atoms with van der Waals surface area (Å²) in [5.41, 5.74) is 0. The van der Waals surface area contributed by atoms with Gasteiger partial charge >= 0.3 is 5.97 Å². The first-order valence-electron chi connectivity index (χ1n) is 9.82. The number of hydrogen-bond acceptors (Lipinski definition) is 6. The van der Waals surface area contributed by atoms with Crippen LogP contribution in [0.5, 0.6) is 0 Å². The van der Waals surface area contributed by atoms with E-state index in [-0.39, 0.29) is 43.6 Å². The molecule has 0 saturated carbocycles. The topological polar surface area (TPSA) is 84.0 Å². The van der Waals surface area contributed by atoms with Crippen molar-refractivity contribution in [1.82, 2.24) is 9.21 Å². The van der Waals surface area contributed by atoms with E-state index in [1.807, 2.05) is 18.7 Å². The molecule has 9 heteroatoms. The lowest BCUT2D eigenvalue weighted by Crippen LogP contribution is -2.49. The number of hydrogen-bond donors (Lipinski definition) is 0. The number of amides is 1. The summed E-state index contributed by atoms with van der Waals surface area (Å²) in [6.45, 7) is 4.39. The average Bonchev–Trinajstić information content (AvgIpc) is 3.22. The normalized spacial score (nSPS) is 24.9. The van der Waals surface area contributed by atoms with Gasteiger partial charge in [0.05, 0.1) is 5.92 Å². The van der Waals surface area contributed by atoms with E-state index in [9.17, 15) is 18.0 Å². The first kappa shape index (κ1) is 21.3. The van der Waals surface area contributed by atoms with Gasteiger partial charge in [-0.3, -0.25) is 9.59 Å². The van der Waals surface area contributed by atoms with E-state index in [0.29, 0.717) is 17.1 Å². The Hall–Kier alpha value is -1.45. The molecule has 28 heavy (non-hydrogen) atoms. The van der Waals surface area contributed by atoms with Gasteiger partial charge in [0.2, 0.25) is 0 Å². The largest absolute Gasteiger partial charge is 0.455 e. The molecule has 0 spiro atoms. The Morgan fingerprint density at radius 2 is 1.79 bits per heavy atom. The lowest BCUT2D eigenvalue weighted by molar-refractivity contribution is -0.158. The number of carbonyl (C=O) groups excluding carboxylic acids is 2. The van der Waals surface area contributed by atoms with E-state index < -0.39 is 16.0 Å². The molecule has 2 aliphatic rings. The molecule has 0 aliphatic carbocycles. The van der Waals surface area contributed by atoms with Gasteiger partial charge in [-0.15, -0.1) is 11.3 Å². The van der Waals surface area contributed by atoms with Crippen LogP contribution in [0.4, 0.5) is 0 Å². The standard InChI is InChI=1S/C19H28N2O5S2/c1-14-5-3-6-15(2)21(14)17(22)13-26-19(23)16-8-10-20(11-9-16)28(24,25)18-7-4-12-27-18/h4,7,12,14-16H,3,5-6,8-11,13H2,1-2H3/t14-,15+. The van der Waals surface area contributed by atoms with E-state index in [1.165, 1.54) is 15.6 Å². The van der Waals surface area contributed by atoms with Crippen LogP contribution in [0, 0.1) is 5.92 Å². The second kappa shape index (κ2) is 8.92. The van der Waals surface area contributed by atoms with E-state index in [2.05, 4.69) is 0 Å². The van der Waals surface area contributed by atoms with Crippen LogP contribution in [0.15, 0.2) is 21.7 Å². The maximum atomic E-state index is 12.5. The number of thiophene rings is 1. The maximum absolute atomic E-state index is 12.5. The van der Waals surface area contributed by atoms with Gasteiger partial charge in [0.25, 0.3) is 15.9 Å². The van der Waals surface area contributed by atoms with Crippen LogP contribution in [0.1, 0.15) is 46.0 Å². The molecule has 3 rings (SSSR count). The van der Waals surface area contributed by atoms with Gasteiger partial charge in [-0.25, -0.2) is 8.42 Å². The summed E-state index contributed by atoms with van der Waals surface area (Å²) in [7, 11) is -3.48. The van der Waals surface area contributed by atoms with Crippen LogP contribution in [0.2, 0.25) is 0 Å². The predicted octanol–water partition coefficient (Wildman–Crippen LogP) is 2.48. The zero-order chi connectivity index (χ0) is 20.3.